The van der Waals surface area contributed by atoms with Crippen molar-refractivity contribution in [1.82, 2.24) is 0 Å². The maximum atomic E-state index is 13.0. The molecular weight excluding hydrogens is 343 g/mol. The van der Waals surface area contributed by atoms with Crippen molar-refractivity contribution < 1.29 is 17.6 Å². The Hall–Kier alpha value is -2.22. The van der Waals surface area contributed by atoms with E-state index in [1.807, 2.05) is 0 Å². The molecule has 2 rings (SSSR count). The first-order chi connectivity index (χ1) is 10.8. The molecular formula is C15H12ClFN2O3S. The third kappa shape index (κ3) is 4.88. The molecule has 8 heteroatoms. The Labute approximate surface area is 137 Å². The molecule has 0 aliphatic heterocycles. The van der Waals surface area contributed by atoms with Crippen LogP contribution >= 0.6 is 11.6 Å². The van der Waals surface area contributed by atoms with Gasteiger partial charge in [-0.15, -0.1) is 0 Å². The van der Waals surface area contributed by atoms with Crippen LogP contribution in [-0.2, 0) is 14.8 Å². The van der Waals surface area contributed by atoms with Gasteiger partial charge >= 0.3 is 0 Å². The molecule has 0 aromatic heterocycles. The highest BCUT2D eigenvalue weighted by Crippen LogP contribution is 2.17. The summed E-state index contributed by atoms with van der Waals surface area (Å²) >= 11 is 5.64. The number of rotatable bonds is 4. The molecule has 0 heterocycles. The second-order valence-corrected chi connectivity index (χ2v) is 6.54. The van der Waals surface area contributed by atoms with E-state index in [4.69, 9.17) is 16.7 Å². The molecule has 2 aromatic rings. The summed E-state index contributed by atoms with van der Waals surface area (Å²) in [5.41, 5.74) is 0.827. The summed E-state index contributed by atoms with van der Waals surface area (Å²) in [5, 5.41) is 7.47. The third-order valence-corrected chi connectivity index (χ3v) is 4.00. The molecule has 2 aromatic carbocycles. The molecule has 0 bridgehead atoms. The SMILES string of the molecule is NS(=O)(=O)c1cccc(NC(=O)/C=C/c2ccc(F)c(Cl)c2)c1. The Morgan fingerprint density at radius 2 is 1.96 bits per heavy atom. The first-order valence-electron chi connectivity index (χ1n) is 6.33. The average Bonchev–Trinajstić information content (AvgIpc) is 2.48. The summed E-state index contributed by atoms with van der Waals surface area (Å²) in [6.45, 7) is 0. The fraction of sp³-hybridized carbons (Fsp3) is 0. The molecule has 0 saturated carbocycles. The van der Waals surface area contributed by atoms with E-state index in [0.29, 0.717) is 5.56 Å². The van der Waals surface area contributed by atoms with Crippen molar-refractivity contribution in [2.45, 2.75) is 4.90 Å². The van der Waals surface area contributed by atoms with Gasteiger partial charge in [-0.25, -0.2) is 17.9 Å². The minimum Gasteiger partial charge on any atom is -0.322 e. The van der Waals surface area contributed by atoms with Gasteiger partial charge in [-0.05, 0) is 42.0 Å². The van der Waals surface area contributed by atoms with Crippen LogP contribution in [0.3, 0.4) is 0 Å². The number of carbonyl (C=O) groups excluding carboxylic acids is 1. The highest BCUT2D eigenvalue weighted by molar-refractivity contribution is 7.89. The van der Waals surface area contributed by atoms with Crippen LogP contribution in [-0.4, -0.2) is 14.3 Å². The zero-order valence-corrected chi connectivity index (χ0v) is 13.2. The summed E-state index contributed by atoms with van der Waals surface area (Å²) in [7, 11) is -3.84. The van der Waals surface area contributed by atoms with E-state index in [0.717, 1.165) is 0 Å². The van der Waals surface area contributed by atoms with E-state index in [-0.39, 0.29) is 15.6 Å². The van der Waals surface area contributed by atoms with Crippen molar-refractivity contribution in [1.29, 1.82) is 0 Å². The lowest BCUT2D eigenvalue weighted by Gasteiger charge is -2.04. The normalized spacial score (nSPS) is 11.6. The zero-order chi connectivity index (χ0) is 17.0. The van der Waals surface area contributed by atoms with E-state index in [1.54, 1.807) is 0 Å². The van der Waals surface area contributed by atoms with Crippen LogP contribution in [0.25, 0.3) is 6.08 Å². The second-order valence-electron chi connectivity index (χ2n) is 4.57. The van der Waals surface area contributed by atoms with E-state index in [2.05, 4.69) is 5.32 Å². The lowest BCUT2D eigenvalue weighted by molar-refractivity contribution is -0.111. The highest BCUT2D eigenvalue weighted by atomic mass is 35.5. The summed E-state index contributed by atoms with van der Waals surface area (Å²) in [5.74, 6) is -1.04. The number of sulfonamides is 1. The molecule has 5 nitrogen and oxygen atoms in total. The molecule has 120 valence electrons. The predicted molar refractivity (Wildman–Crippen MR) is 86.9 cm³/mol. The Balaban J connectivity index is 2.10. The van der Waals surface area contributed by atoms with Crippen LogP contribution in [0.2, 0.25) is 5.02 Å². The Kier molecular flexibility index (Phi) is 5.15. The van der Waals surface area contributed by atoms with Gasteiger partial charge in [0.25, 0.3) is 0 Å². The topological polar surface area (TPSA) is 89.3 Å². The average molecular weight is 355 g/mol. The molecule has 0 unspecified atom stereocenters. The number of nitrogens with one attached hydrogen (secondary N) is 1. The summed E-state index contributed by atoms with van der Waals surface area (Å²) < 4.78 is 35.5. The molecule has 23 heavy (non-hydrogen) atoms. The number of benzene rings is 2. The summed E-state index contributed by atoms with van der Waals surface area (Å²) in [6, 6.07) is 9.58. The van der Waals surface area contributed by atoms with Crippen molar-refractivity contribution >= 4 is 39.3 Å². The molecule has 0 atom stereocenters. The van der Waals surface area contributed by atoms with Crippen LogP contribution in [0, 0.1) is 5.82 Å². The smallest absolute Gasteiger partial charge is 0.248 e. The van der Waals surface area contributed by atoms with Crippen molar-refractivity contribution in [2.75, 3.05) is 5.32 Å². The lowest BCUT2D eigenvalue weighted by Crippen LogP contribution is -2.13. The number of anilines is 1. The number of hydrogen-bond acceptors (Lipinski definition) is 3. The van der Waals surface area contributed by atoms with Crippen LogP contribution in [0.4, 0.5) is 10.1 Å². The van der Waals surface area contributed by atoms with E-state index in [9.17, 15) is 17.6 Å². The van der Waals surface area contributed by atoms with Gasteiger partial charge < -0.3 is 5.32 Å². The molecule has 0 saturated heterocycles. The maximum absolute atomic E-state index is 13.0. The number of primary sulfonamides is 1. The van der Waals surface area contributed by atoms with E-state index < -0.39 is 21.7 Å². The zero-order valence-electron chi connectivity index (χ0n) is 11.7. The van der Waals surface area contributed by atoms with Crippen molar-refractivity contribution in [3.63, 3.8) is 0 Å². The van der Waals surface area contributed by atoms with Gasteiger partial charge in [-0.1, -0.05) is 23.7 Å². The monoisotopic (exact) mass is 354 g/mol. The van der Waals surface area contributed by atoms with Crippen molar-refractivity contribution in [3.05, 3.63) is 64.9 Å². The molecule has 0 aliphatic rings. The minimum atomic E-state index is -3.84. The molecule has 0 fully saturated rings. The summed E-state index contributed by atoms with van der Waals surface area (Å²) in [6.07, 6.45) is 2.66. The molecule has 0 aliphatic carbocycles. The maximum Gasteiger partial charge on any atom is 0.248 e. The molecule has 3 N–H and O–H groups in total. The number of hydrogen-bond donors (Lipinski definition) is 2. The number of nitrogens with two attached hydrogens (primary N) is 1. The van der Waals surface area contributed by atoms with E-state index >= 15 is 0 Å². The molecule has 1 amide bonds. The van der Waals surface area contributed by atoms with Gasteiger partial charge in [0.05, 0.1) is 9.92 Å². The van der Waals surface area contributed by atoms with Gasteiger partial charge in [0.1, 0.15) is 5.82 Å². The standard InChI is InChI=1S/C15H12ClFN2O3S/c16-13-8-10(4-6-14(13)17)5-7-15(20)19-11-2-1-3-12(9-11)23(18,21)22/h1-9H,(H,19,20)(H2,18,21,22)/b7-5+. The van der Waals surface area contributed by atoms with Crippen molar-refractivity contribution in [2.24, 2.45) is 5.14 Å². The van der Waals surface area contributed by atoms with Gasteiger partial charge in [-0.3, -0.25) is 4.79 Å². The number of carbonyl (C=O) groups is 1. The van der Waals surface area contributed by atoms with Crippen LogP contribution in [0.15, 0.2) is 53.4 Å². The molecule has 0 radical (unpaired) electrons. The van der Waals surface area contributed by atoms with Gasteiger partial charge in [0.15, 0.2) is 0 Å². The first-order valence-corrected chi connectivity index (χ1v) is 8.25. The highest BCUT2D eigenvalue weighted by Gasteiger charge is 2.08. The van der Waals surface area contributed by atoms with Gasteiger partial charge in [0, 0.05) is 11.8 Å². The fourth-order valence-electron chi connectivity index (χ4n) is 1.72. The van der Waals surface area contributed by atoms with Crippen molar-refractivity contribution in [3.8, 4) is 0 Å². The summed E-state index contributed by atoms with van der Waals surface area (Å²) in [4.78, 5) is 11.7. The van der Waals surface area contributed by atoms with Crippen LogP contribution in [0.1, 0.15) is 5.56 Å². The van der Waals surface area contributed by atoms with Crippen LogP contribution < -0.4 is 10.5 Å². The molecule has 0 spiro atoms. The Bertz CT molecular complexity index is 882. The van der Waals surface area contributed by atoms with E-state index in [1.165, 1.54) is 54.6 Å². The first kappa shape index (κ1) is 17.1. The third-order valence-electron chi connectivity index (χ3n) is 2.80. The Morgan fingerprint density at radius 3 is 2.61 bits per heavy atom. The lowest BCUT2D eigenvalue weighted by atomic mass is 10.2. The number of amides is 1. The Morgan fingerprint density at radius 1 is 1.22 bits per heavy atom. The fourth-order valence-corrected chi connectivity index (χ4v) is 2.47. The van der Waals surface area contributed by atoms with Crippen LogP contribution in [0.5, 0.6) is 0 Å². The number of halogens is 2. The predicted octanol–water partition coefficient (Wildman–Crippen LogP) is 2.78. The second kappa shape index (κ2) is 6.91. The van der Waals surface area contributed by atoms with Gasteiger partial charge in [-0.2, -0.15) is 0 Å². The quantitative estimate of drug-likeness (QED) is 0.827. The van der Waals surface area contributed by atoms with Gasteiger partial charge in [0.2, 0.25) is 15.9 Å². The largest absolute Gasteiger partial charge is 0.322 e. The minimum absolute atomic E-state index is 0.0478.